The molecule has 0 aliphatic heterocycles. The van der Waals surface area contributed by atoms with E-state index in [2.05, 4.69) is 89.5 Å². The number of rotatable bonds is 3. The van der Waals surface area contributed by atoms with Gasteiger partial charge in [-0.25, -0.2) is 0 Å². The lowest BCUT2D eigenvalue weighted by atomic mass is 9.80. The predicted molar refractivity (Wildman–Crippen MR) is 149 cm³/mol. The molecule has 3 nitrogen and oxygen atoms in total. The van der Waals surface area contributed by atoms with Gasteiger partial charge in [-0.15, -0.1) is 11.3 Å². The van der Waals surface area contributed by atoms with Crippen molar-refractivity contribution in [3.05, 3.63) is 109 Å². The minimum atomic E-state index is -1.47. The molecule has 0 amide bonds. The molecule has 0 aliphatic rings. The van der Waals surface area contributed by atoms with Crippen LogP contribution in [0.25, 0.3) is 58.8 Å². The van der Waals surface area contributed by atoms with Crippen LogP contribution >= 0.6 is 11.3 Å². The van der Waals surface area contributed by atoms with Gasteiger partial charge in [0, 0.05) is 31.2 Å². The van der Waals surface area contributed by atoms with Gasteiger partial charge in [-0.05, 0) is 64.4 Å². The second-order valence-electron chi connectivity index (χ2n) is 8.86. The van der Waals surface area contributed by atoms with Gasteiger partial charge in [-0.1, -0.05) is 66.7 Å². The highest BCUT2D eigenvalue weighted by atomic mass is 32.1. The van der Waals surface area contributed by atoms with Crippen molar-refractivity contribution < 1.29 is 10.0 Å². The minimum Gasteiger partial charge on any atom is -0.423 e. The number of para-hydroxylation sites is 2. The van der Waals surface area contributed by atoms with Crippen molar-refractivity contribution in [3.63, 3.8) is 0 Å². The fourth-order valence-corrected chi connectivity index (χ4v) is 6.21. The number of aromatic nitrogens is 1. The van der Waals surface area contributed by atoms with Gasteiger partial charge in [0.15, 0.2) is 0 Å². The third-order valence-corrected chi connectivity index (χ3v) is 7.96. The molecule has 0 unspecified atom stereocenters. The first-order valence-corrected chi connectivity index (χ1v) is 12.4. The van der Waals surface area contributed by atoms with E-state index in [4.69, 9.17) is 0 Å². The van der Waals surface area contributed by atoms with Crippen LogP contribution in [0.15, 0.2) is 109 Å². The van der Waals surface area contributed by atoms with E-state index >= 15 is 0 Å². The molecule has 35 heavy (non-hydrogen) atoms. The Bertz CT molecular complexity index is 1890. The van der Waals surface area contributed by atoms with E-state index in [1.807, 2.05) is 18.2 Å². The van der Waals surface area contributed by atoms with Crippen molar-refractivity contribution in [1.29, 1.82) is 0 Å². The maximum absolute atomic E-state index is 9.66. The van der Waals surface area contributed by atoms with E-state index in [0.29, 0.717) is 5.46 Å². The highest BCUT2D eigenvalue weighted by Crippen LogP contribution is 2.38. The molecule has 0 spiro atoms. The van der Waals surface area contributed by atoms with Crippen molar-refractivity contribution in [2.75, 3.05) is 0 Å². The summed E-state index contributed by atoms with van der Waals surface area (Å²) in [5.74, 6) is 0. The quantitative estimate of drug-likeness (QED) is 0.290. The first-order chi connectivity index (χ1) is 17.2. The van der Waals surface area contributed by atoms with Crippen LogP contribution in [-0.4, -0.2) is 21.7 Å². The van der Waals surface area contributed by atoms with Crippen LogP contribution in [0.1, 0.15) is 0 Å². The summed E-state index contributed by atoms with van der Waals surface area (Å²) in [4.78, 5) is 0. The molecule has 2 heterocycles. The van der Waals surface area contributed by atoms with Gasteiger partial charge in [-0.2, -0.15) is 0 Å². The van der Waals surface area contributed by atoms with Crippen molar-refractivity contribution >= 4 is 65.9 Å². The third kappa shape index (κ3) is 3.21. The molecule has 0 aliphatic carbocycles. The summed E-state index contributed by atoms with van der Waals surface area (Å²) < 4.78 is 4.66. The molecule has 0 radical (unpaired) electrons. The third-order valence-electron chi connectivity index (χ3n) is 6.81. The average molecular weight is 469 g/mol. The molecule has 166 valence electrons. The van der Waals surface area contributed by atoms with E-state index in [0.717, 1.165) is 32.3 Å². The summed E-state index contributed by atoms with van der Waals surface area (Å²) in [6.45, 7) is 0. The summed E-state index contributed by atoms with van der Waals surface area (Å²) in [5, 5.41) is 24.0. The van der Waals surface area contributed by atoms with Crippen LogP contribution < -0.4 is 5.46 Å². The SMILES string of the molecule is OB(O)c1ccc2sc3ccc(-c4ccc5c6ccccc6n(-c6ccccc6)c5c4)cc3c2c1. The molecule has 0 bridgehead atoms. The van der Waals surface area contributed by atoms with Gasteiger partial charge in [0.05, 0.1) is 11.0 Å². The Morgan fingerprint density at radius 2 is 1.20 bits per heavy atom. The molecule has 2 N–H and O–H groups in total. The highest BCUT2D eigenvalue weighted by molar-refractivity contribution is 7.25. The smallest absolute Gasteiger partial charge is 0.423 e. The average Bonchev–Trinajstić information content (AvgIpc) is 3.43. The van der Waals surface area contributed by atoms with Crippen molar-refractivity contribution in [3.8, 4) is 16.8 Å². The zero-order valence-electron chi connectivity index (χ0n) is 18.7. The van der Waals surface area contributed by atoms with Crippen LogP contribution in [0.4, 0.5) is 0 Å². The Balaban J connectivity index is 1.47. The van der Waals surface area contributed by atoms with Crippen LogP contribution in [0.5, 0.6) is 0 Å². The number of nitrogens with zero attached hydrogens (tertiary/aromatic N) is 1. The number of fused-ring (bicyclic) bond motifs is 6. The molecule has 7 rings (SSSR count). The summed E-state index contributed by atoms with van der Waals surface area (Å²) in [6, 6.07) is 38.0. The highest BCUT2D eigenvalue weighted by Gasteiger charge is 2.15. The lowest BCUT2D eigenvalue weighted by Crippen LogP contribution is -2.29. The molecule has 0 atom stereocenters. The Hall–Kier alpha value is -3.90. The fourth-order valence-electron chi connectivity index (χ4n) is 5.14. The van der Waals surface area contributed by atoms with Crippen molar-refractivity contribution in [1.82, 2.24) is 4.57 Å². The van der Waals surface area contributed by atoms with Crippen molar-refractivity contribution in [2.24, 2.45) is 0 Å². The van der Waals surface area contributed by atoms with Crippen LogP contribution in [0, 0.1) is 0 Å². The summed E-state index contributed by atoms with van der Waals surface area (Å²) in [5.41, 5.74) is 6.31. The molecule has 0 saturated carbocycles. The molecule has 2 aromatic heterocycles. The number of hydrogen-bond donors (Lipinski definition) is 2. The summed E-state index contributed by atoms with van der Waals surface area (Å²) >= 11 is 1.72. The molecular formula is C30H20BNO2S. The minimum absolute atomic E-state index is 0.511. The maximum Gasteiger partial charge on any atom is 0.488 e. The molecule has 5 aromatic carbocycles. The monoisotopic (exact) mass is 469 g/mol. The largest absolute Gasteiger partial charge is 0.488 e. The Morgan fingerprint density at radius 3 is 2.03 bits per heavy atom. The Labute approximate surface area is 206 Å². The lowest BCUT2D eigenvalue weighted by Gasteiger charge is -2.09. The Kier molecular flexibility index (Phi) is 4.58. The predicted octanol–water partition coefficient (Wildman–Crippen LogP) is 6.50. The maximum atomic E-state index is 9.66. The number of hydrogen-bond acceptors (Lipinski definition) is 3. The summed E-state index contributed by atoms with van der Waals surface area (Å²) in [7, 11) is -1.47. The van der Waals surface area contributed by atoms with Crippen LogP contribution in [-0.2, 0) is 0 Å². The van der Waals surface area contributed by atoms with E-state index in [9.17, 15) is 10.0 Å². The fraction of sp³-hybridized carbons (Fsp3) is 0. The van der Waals surface area contributed by atoms with E-state index in [-0.39, 0.29) is 0 Å². The van der Waals surface area contributed by atoms with Gasteiger partial charge in [0.25, 0.3) is 0 Å². The van der Waals surface area contributed by atoms with E-state index < -0.39 is 7.12 Å². The second kappa shape index (κ2) is 7.82. The van der Waals surface area contributed by atoms with Gasteiger partial charge in [0.1, 0.15) is 0 Å². The molecule has 7 aromatic rings. The van der Waals surface area contributed by atoms with Gasteiger partial charge < -0.3 is 14.6 Å². The zero-order valence-corrected chi connectivity index (χ0v) is 19.5. The zero-order chi connectivity index (χ0) is 23.5. The molecule has 5 heteroatoms. The van der Waals surface area contributed by atoms with Gasteiger partial charge in [0.2, 0.25) is 0 Å². The first kappa shape index (κ1) is 20.5. The second-order valence-corrected chi connectivity index (χ2v) is 9.95. The van der Waals surface area contributed by atoms with E-state index in [1.54, 1.807) is 17.4 Å². The topological polar surface area (TPSA) is 45.4 Å². The van der Waals surface area contributed by atoms with Crippen LogP contribution in [0.2, 0.25) is 0 Å². The first-order valence-electron chi connectivity index (χ1n) is 11.6. The summed E-state index contributed by atoms with van der Waals surface area (Å²) in [6.07, 6.45) is 0. The van der Waals surface area contributed by atoms with Gasteiger partial charge in [-0.3, -0.25) is 0 Å². The number of thiophene rings is 1. The molecule has 0 fully saturated rings. The molecular weight excluding hydrogens is 449 g/mol. The standard InChI is InChI=1S/C30H20BNO2S/c33-31(34)21-12-15-30-26(18-21)25-16-19(11-14-29(25)35-30)20-10-13-24-23-8-4-5-9-27(23)32(28(24)17-20)22-6-2-1-3-7-22/h1-18,33-34H. The number of benzene rings is 5. The van der Waals surface area contributed by atoms with Crippen molar-refractivity contribution in [2.45, 2.75) is 0 Å². The van der Waals surface area contributed by atoms with Crippen LogP contribution in [0.3, 0.4) is 0 Å². The Morgan fingerprint density at radius 1 is 0.543 bits per heavy atom. The van der Waals surface area contributed by atoms with E-state index in [1.165, 1.54) is 26.5 Å². The molecule has 0 saturated heterocycles. The normalized spacial score (nSPS) is 11.7. The lowest BCUT2D eigenvalue weighted by molar-refractivity contribution is 0.426. The van der Waals surface area contributed by atoms with Gasteiger partial charge >= 0.3 is 7.12 Å².